The van der Waals surface area contributed by atoms with Gasteiger partial charge in [0, 0.05) is 22.6 Å². The highest BCUT2D eigenvalue weighted by molar-refractivity contribution is 5.99. The van der Waals surface area contributed by atoms with Gasteiger partial charge in [-0.15, -0.1) is 0 Å². The summed E-state index contributed by atoms with van der Waals surface area (Å²) >= 11 is 0. The van der Waals surface area contributed by atoms with Gasteiger partial charge in [-0.1, -0.05) is 87.5 Å². The Labute approximate surface area is 221 Å². The molecule has 3 atom stereocenters. The first-order valence-electron chi connectivity index (χ1n) is 13.6. The summed E-state index contributed by atoms with van der Waals surface area (Å²) in [6.45, 7) is 9.35. The van der Waals surface area contributed by atoms with Gasteiger partial charge in [-0.2, -0.15) is 0 Å². The van der Waals surface area contributed by atoms with E-state index in [1.165, 1.54) is 33.5 Å². The molecular formula is C35H36N2. The van der Waals surface area contributed by atoms with Gasteiger partial charge >= 0.3 is 0 Å². The van der Waals surface area contributed by atoms with Crippen molar-refractivity contribution < 1.29 is 0 Å². The summed E-state index contributed by atoms with van der Waals surface area (Å²) in [5.74, 6) is 0.972. The monoisotopic (exact) mass is 484 g/mol. The van der Waals surface area contributed by atoms with Crippen LogP contribution < -0.4 is 10.2 Å². The van der Waals surface area contributed by atoms with E-state index >= 15 is 0 Å². The number of para-hydroxylation sites is 1. The molecule has 0 fully saturated rings. The van der Waals surface area contributed by atoms with Crippen LogP contribution in [0.1, 0.15) is 56.7 Å². The Kier molecular flexibility index (Phi) is 5.91. The van der Waals surface area contributed by atoms with Gasteiger partial charge < -0.3 is 10.2 Å². The standard InChI is InChI=1S/C35H36N2/c1-24(2)27-16-19-34-31(22-27)32-23-28(20-21-35(32,4)37(34)33-13-9-8-10-25(33)3)26-14-17-30(18-15-26)36-29-11-6-5-7-12-29/h5-20,22-25,33,36H,21H2,1-4H3. The first kappa shape index (κ1) is 23.6. The van der Waals surface area contributed by atoms with Crippen molar-refractivity contribution in [3.8, 4) is 0 Å². The molecule has 0 aromatic heterocycles. The average Bonchev–Trinajstić information content (AvgIpc) is 3.17. The Morgan fingerprint density at radius 3 is 2.35 bits per heavy atom. The maximum absolute atomic E-state index is 3.50. The summed E-state index contributed by atoms with van der Waals surface area (Å²) in [5.41, 5.74) is 10.3. The number of hydrogen-bond acceptors (Lipinski definition) is 2. The highest BCUT2D eigenvalue weighted by Gasteiger charge is 2.48. The molecule has 0 spiro atoms. The largest absolute Gasteiger partial charge is 0.356 e. The van der Waals surface area contributed by atoms with Gasteiger partial charge in [0.1, 0.15) is 0 Å². The fourth-order valence-corrected chi connectivity index (χ4v) is 6.14. The van der Waals surface area contributed by atoms with Gasteiger partial charge in [0.25, 0.3) is 0 Å². The number of allylic oxidation sites excluding steroid dienone is 4. The first-order valence-corrected chi connectivity index (χ1v) is 13.6. The molecule has 0 radical (unpaired) electrons. The third-order valence-electron chi connectivity index (χ3n) is 8.32. The third kappa shape index (κ3) is 4.15. The van der Waals surface area contributed by atoms with Crippen LogP contribution in [0.3, 0.4) is 0 Å². The topological polar surface area (TPSA) is 15.3 Å². The van der Waals surface area contributed by atoms with E-state index in [1.54, 1.807) is 0 Å². The number of anilines is 3. The Morgan fingerprint density at radius 1 is 0.892 bits per heavy atom. The van der Waals surface area contributed by atoms with Crippen molar-refractivity contribution in [2.24, 2.45) is 5.92 Å². The minimum absolute atomic E-state index is 0.0648. The second-order valence-corrected chi connectivity index (χ2v) is 11.2. The number of benzene rings is 3. The molecule has 2 heteroatoms. The predicted molar refractivity (Wildman–Crippen MR) is 159 cm³/mol. The van der Waals surface area contributed by atoms with Crippen LogP contribution in [0, 0.1) is 5.92 Å². The van der Waals surface area contributed by atoms with Gasteiger partial charge in [0.05, 0.1) is 11.6 Å². The van der Waals surface area contributed by atoms with Gasteiger partial charge in [0.15, 0.2) is 0 Å². The van der Waals surface area contributed by atoms with E-state index in [2.05, 4.69) is 141 Å². The van der Waals surface area contributed by atoms with Gasteiger partial charge in [0.2, 0.25) is 0 Å². The molecule has 186 valence electrons. The molecule has 2 nitrogen and oxygen atoms in total. The number of nitrogens with zero attached hydrogens (tertiary/aromatic N) is 1. The number of nitrogens with one attached hydrogen (secondary N) is 1. The molecule has 1 heterocycles. The molecule has 3 aromatic carbocycles. The lowest BCUT2D eigenvalue weighted by Crippen LogP contribution is -2.51. The minimum atomic E-state index is -0.0648. The Bertz CT molecular complexity index is 1420. The zero-order valence-corrected chi connectivity index (χ0v) is 22.3. The lowest BCUT2D eigenvalue weighted by Gasteiger charge is -2.45. The van der Waals surface area contributed by atoms with E-state index in [9.17, 15) is 0 Å². The normalized spacial score (nSPS) is 24.0. The molecule has 0 saturated carbocycles. The molecular weight excluding hydrogens is 448 g/mol. The fourth-order valence-electron chi connectivity index (χ4n) is 6.14. The Balaban J connectivity index is 1.37. The highest BCUT2D eigenvalue weighted by atomic mass is 15.3. The maximum atomic E-state index is 3.50. The molecule has 3 aliphatic rings. The lowest BCUT2D eigenvalue weighted by atomic mass is 9.78. The van der Waals surface area contributed by atoms with E-state index in [-0.39, 0.29) is 5.54 Å². The molecule has 0 saturated heterocycles. The molecule has 6 rings (SSSR count). The number of fused-ring (bicyclic) bond motifs is 3. The molecule has 37 heavy (non-hydrogen) atoms. The van der Waals surface area contributed by atoms with Crippen molar-refractivity contribution in [2.75, 3.05) is 10.2 Å². The molecule has 1 N–H and O–H groups in total. The second kappa shape index (κ2) is 9.27. The predicted octanol–water partition coefficient (Wildman–Crippen LogP) is 9.13. The Morgan fingerprint density at radius 2 is 1.62 bits per heavy atom. The van der Waals surface area contributed by atoms with Crippen molar-refractivity contribution in [3.05, 3.63) is 126 Å². The minimum Gasteiger partial charge on any atom is -0.356 e. The van der Waals surface area contributed by atoms with Crippen LogP contribution in [0.25, 0.3) is 11.1 Å². The maximum Gasteiger partial charge on any atom is 0.0673 e. The summed E-state index contributed by atoms with van der Waals surface area (Å²) in [6.07, 6.45) is 15.0. The molecule has 3 aromatic rings. The van der Waals surface area contributed by atoms with Crippen LogP contribution in [0.4, 0.5) is 17.1 Å². The van der Waals surface area contributed by atoms with Gasteiger partial charge in [-0.25, -0.2) is 0 Å². The van der Waals surface area contributed by atoms with E-state index in [0.717, 1.165) is 17.8 Å². The van der Waals surface area contributed by atoms with E-state index < -0.39 is 0 Å². The van der Waals surface area contributed by atoms with E-state index in [4.69, 9.17) is 0 Å². The summed E-state index contributed by atoms with van der Waals surface area (Å²) in [5, 5.41) is 3.50. The molecule has 0 amide bonds. The van der Waals surface area contributed by atoms with Crippen LogP contribution in [0.5, 0.6) is 0 Å². The van der Waals surface area contributed by atoms with Crippen LogP contribution in [-0.2, 0) is 0 Å². The second-order valence-electron chi connectivity index (χ2n) is 11.2. The van der Waals surface area contributed by atoms with Crippen LogP contribution >= 0.6 is 0 Å². The first-order chi connectivity index (χ1) is 17.9. The Hall–Kier alpha value is -3.78. The zero-order valence-electron chi connectivity index (χ0n) is 22.3. The smallest absolute Gasteiger partial charge is 0.0673 e. The van der Waals surface area contributed by atoms with Crippen molar-refractivity contribution in [3.63, 3.8) is 0 Å². The van der Waals surface area contributed by atoms with Crippen molar-refractivity contribution in [1.82, 2.24) is 0 Å². The number of hydrogen-bond donors (Lipinski definition) is 1. The van der Waals surface area contributed by atoms with Crippen LogP contribution in [0.2, 0.25) is 0 Å². The highest BCUT2D eigenvalue weighted by Crippen LogP contribution is 2.54. The zero-order chi connectivity index (χ0) is 25.6. The summed E-state index contributed by atoms with van der Waals surface area (Å²) < 4.78 is 0. The summed E-state index contributed by atoms with van der Waals surface area (Å²) in [6, 6.07) is 26.7. The fraction of sp³-hybridized carbons (Fsp3) is 0.257. The molecule has 0 bridgehead atoms. The van der Waals surface area contributed by atoms with E-state index in [0.29, 0.717) is 17.9 Å². The summed E-state index contributed by atoms with van der Waals surface area (Å²) in [4.78, 5) is 2.70. The molecule has 3 unspecified atom stereocenters. The van der Waals surface area contributed by atoms with Crippen molar-refractivity contribution in [2.45, 2.75) is 51.6 Å². The van der Waals surface area contributed by atoms with Gasteiger partial charge in [-0.3, -0.25) is 0 Å². The quantitative estimate of drug-likeness (QED) is 0.388. The summed E-state index contributed by atoms with van der Waals surface area (Å²) in [7, 11) is 0. The third-order valence-corrected chi connectivity index (χ3v) is 8.32. The molecule has 1 aliphatic heterocycles. The van der Waals surface area contributed by atoms with E-state index in [1.807, 2.05) is 6.07 Å². The van der Waals surface area contributed by atoms with Crippen LogP contribution in [0.15, 0.2) is 109 Å². The lowest BCUT2D eigenvalue weighted by molar-refractivity contribution is 0.460. The SMILES string of the molecule is CC(C)c1ccc2c(c1)C1=CC(c3ccc(Nc4ccccc4)cc3)=CCC1(C)N2C1C=CC=CC1C. The number of rotatable bonds is 5. The van der Waals surface area contributed by atoms with Gasteiger partial charge in [-0.05, 0) is 89.9 Å². The van der Waals surface area contributed by atoms with Crippen LogP contribution in [-0.4, -0.2) is 11.6 Å². The van der Waals surface area contributed by atoms with Crippen molar-refractivity contribution in [1.29, 1.82) is 0 Å². The van der Waals surface area contributed by atoms with Crippen molar-refractivity contribution >= 4 is 28.2 Å². The average molecular weight is 485 g/mol. The molecule has 2 aliphatic carbocycles.